The number of phenols is 1. The molecule has 17 heavy (non-hydrogen) atoms. The standard InChI is InChI=1S/C11H17NO4S/c1-9-4-5-10(8-11(9)13)12-17(14,15)7-3-6-16-2/h4-5,8,12-13H,3,6-7H2,1-2H3. The van der Waals surface area contributed by atoms with Gasteiger partial charge in [0, 0.05) is 19.8 Å². The topological polar surface area (TPSA) is 75.6 Å². The lowest BCUT2D eigenvalue weighted by atomic mass is 10.2. The Hall–Kier alpha value is -1.27. The summed E-state index contributed by atoms with van der Waals surface area (Å²) in [5.74, 6) is 0.0669. The minimum atomic E-state index is -3.38. The molecule has 1 aromatic rings. The van der Waals surface area contributed by atoms with Gasteiger partial charge in [0.2, 0.25) is 10.0 Å². The maximum absolute atomic E-state index is 11.6. The Balaban J connectivity index is 2.66. The number of sulfonamides is 1. The second-order valence-electron chi connectivity index (χ2n) is 3.77. The first-order valence-corrected chi connectivity index (χ1v) is 6.89. The van der Waals surface area contributed by atoms with Gasteiger partial charge in [-0.15, -0.1) is 0 Å². The van der Waals surface area contributed by atoms with Crippen LogP contribution in [0.2, 0.25) is 0 Å². The maximum Gasteiger partial charge on any atom is 0.232 e. The fourth-order valence-electron chi connectivity index (χ4n) is 1.30. The van der Waals surface area contributed by atoms with Gasteiger partial charge in [-0.05, 0) is 25.0 Å². The lowest BCUT2D eigenvalue weighted by Crippen LogP contribution is -2.17. The van der Waals surface area contributed by atoms with E-state index in [1.165, 1.54) is 13.2 Å². The number of hydrogen-bond donors (Lipinski definition) is 2. The number of ether oxygens (including phenoxy) is 1. The smallest absolute Gasteiger partial charge is 0.232 e. The van der Waals surface area contributed by atoms with E-state index in [0.29, 0.717) is 24.3 Å². The van der Waals surface area contributed by atoms with Crippen LogP contribution in [0.25, 0.3) is 0 Å². The van der Waals surface area contributed by atoms with Gasteiger partial charge in [-0.2, -0.15) is 0 Å². The van der Waals surface area contributed by atoms with Crippen molar-refractivity contribution in [2.24, 2.45) is 0 Å². The van der Waals surface area contributed by atoms with Gasteiger partial charge in [-0.25, -0.2) is 8.42 Å². The average Bonchev–Trinajstić information content (AvgIpc) is 2.23. The summed E-state index contributed by atoms with van der Waals surface area (Å²) in [5, 5.41) is 9.46. The second-order valence-corrected chi connectivity index (χ2v) is 5.61. The third-order valence-corrected chi connectivity index (χ3v) is 3.62. The number of hydrogen-bond acceptors (Lipinski definition) is 4. The van der Waals surface area contributed by atoms with Crippen molar-refractivity contribution in [3.8, 4) is 5.75 Å². The molecule has 0 bridgehead atoms. The Kier molecular flexibility index (Phi) is 4.77. The van der Waals surface area contributed by atoms with Crippen LogP contribution in [0.5, 0.6) is 5.75 Å². The fraction of sp³-hybridized carbons (Fsp3) is 0.455. The van der Waals surface area contributed by atoms with Crippen molar-refractivity contribution in [3.05, 3.63) is 23.8 Å². The first kappa shape index (κ1) is 13.8. The zero-order chi connectivity index (χ0) is 12.9. The summed E-state index contributed by atoms with van der Waals surface area (Å²) >= 11 is 0. The molecule has 0 aromatic heterocycles. The van der Waals surface area contributed by atoms with Gasteiger partial charge in [-0.1, -0.05) is 6.07 Å². The van der Waals surface area contributed by atoms with E-state index < -0.39 is 10.0 Å². The van der Waals surface area contributed by atoms with Gasteiger partial charge in [-0.3, -0.25) is 4.72 Å². The highest BCUT2D eigenvalue weighted by Gasteiger charge is 2.10. The van der Waals surface area contributed by atoms with Crippen molar-refractivity contribution < 1.29 is 18.3 Å². The molecule has 0 aliphatic rings. The normalized spacial score (nSPS) is 11.4. The van der Waals surface area contributed by atoms with E-state index in [4.69, 9.17) is 4.74 Å². The molecule has 0 amide bonds. The number of phenolic OH excluding ortho intramolecular Hbond substituents is 1. The molecule has 0 spiro atoms. The molecule has 1 aromatic carbocycles. The summed E-state index contributed by atoms with van der Waals surface area (Å²) < 4.78 is 30.4. The van der Waals surface area contributed by atoms with Crippen LogP contribution < -0.4 is 4.72 Å². The summed E-state index contributed by atoms with van der Waals surface area (Å²) in [6.07, 6.45) is 0.434. The van der Waals surface area contributed by atoms with Gasteiger partial charge in [0.25, 0.3) is 0 Å². The molecule has 6 heteroatoms. The van der Waals surface area contributed by atoms with Crippen LogP contribution in [0, 0.1) is 6.92 Å². The number of rotatable bonds is 6. The number of aromatic hydroxyl groups is 1. The van der Waals surface area contributed by atoms with Crippen molar-refractivity contribution in [2.75, 3.05) is 24.2 Å². The second kappa shape index (κ2) is 5.88. The van der Waals surface area contributed by atoms with Gasteiger partial charge < -0.3 is 9.84 Å². The largest absolute Gasteiger partial charge is 0.508 e. The predicted octanol–water partition coefficient (Wildman–Crippen LogP) is 1.48. The molecule has 1 rings (SSSR count). The highest BCUT2D eigenvalue weighted by molar-refractivity contribution is 7.92. The monoisotopic (exact) mass is 259 g/mol. The van der Waals surface area contributed by atoms with Crippen LogP contribution in [0.3, 0.4) is 0 Å². The molecular weight excluding hydrogens is 242 g/mol. The molecule has 0 atom stereocenters. The fourth-order valence-corrected chi connectivity index (χ4v) is 2.38. The number of benzene rings is 1. The Morgan fingerprint density at radius 1 is 1.41 bits per heavy atom. The zero-order valence-corrected chi connectivity index (χ0v) is 10.8. The third-order valence-electron chi connectivity index (χ3n) is 2.24. The molecule has 0 unspecified atom stereocenters. The van der Waals surface area contributed by atoms with Gasteiger partial charge in [0.1, 0.15) is 5.75 Å². The Labute approximate surface area is 101 Å². The summed E-state index contributed by atoms with van der Waals surface area (Å²) in [4.78, 5) is 0. The Bertz CT molecular complexity index is 470. The van der Waals surface area contributed by atoms with E-state index in [-0.39, 0.29) is 11.5 Å². The first-order chi connectivity index (χ1) is 7.94. The maximum atomic E-state index is 11.6. The van der Waals surface area contributed by atoms with Crippen LogP contribution in [0.15, 0.2) is 18.2 Å². The van der Waals surface area contributed by atoms with Crippen LogP contribution in [-0.4, -0.2) is 33.0 Å². The minimum absolute atomic E-state index is 0.00449. The molecule has 0 heterocycles. The molecule has 0 saturated carbocycles. The third kappa shape index (κ3) is 4.62. The summed E-state index contributed by atoms with van der Waals surface area (Å²) in [6, 6.07) is 4.66. The molecular formula is C11H17NO4S. The molecule has 2 N–H and O–H groups in total. The lowest BCUT2D eigenvalue weighted by molar-refractivity contribution is 0.199. The summed E-state index contributed by atoms with van der Waals surface area (Å²) in [6.45, 7) is 2.15. The number of anilines is 1. The van der Waals surface area contributed by atoms with Crippen LogP contribution >= 0.6 is 0 Å². The van der Waals surface area contributed by atoms with Gasteiger partial charge >= 0.3 is 0 Å². The van der Waals surface area contributed by atoms with E-state index in [9.17, 15) is 13.5 Å². The van der Waals surface area contributed by atoms with Crippen LogP contribution in [0.4, 0.5) is 5.69 Å². The van der Waals surface area contributed by atoms with Crippen molar-refractivity contribution >= 4 is 15.7 Å². The number of nitrogens with one attached hydrogen (secondary N) is 1. The van der Waals surface area contributed by atoms with Gasteiger partial charge in [0.15, 0.2) is 0 Å². The Morgan fingerprint density at radius 2 is 2.12 bits per heavy atom. The van der Waals surface area contributed by atoms with E-state index in [1.54, 1.807) is 19.1 Å². The summed E-state index contributed by atoms with van der Waals surface area (Å²) in [7, 11) is -1.85. The molecule has 0 saturated heterocycles. The number of aryl methyl sites for hydroxylation is 1. The van der Waals surface area contributed by atoms with E-state index >= 15 is 0 Å². The average molecular weight is 259 g/mol. The van der Waals surface area contributed by atoms with Crippen LogP contribution in [-0.2, 0) is 14.8 Å². The zero-order valence-electron chi connectivity index (χ0n) is 9.93. The van der Waals surface area contributed by atoms with E-state index in [1.807, 2.05) is 0 Å². The Morgan fingerprint density at radius 3 is 2.71 bits per heavy atom. The first-order valence-electron chi connectivity index (χ1n) is 5.23. The molecule has 0 radical (unpaired) electrons. The highest BCUT2D eigenvalue weighted by atomic mass is 32.2. The highest BCUT2D eigenvalue weighted by Crippen LogP contribution is 2.21. The number of methoxy groups -OCH3 is 1. The molecule has 96 valence electrons. The SMILES string of the molecule is COCCCS(=O)(=O)Nc1ccc(C)c(O)c1. The quantitative estimate of drug-likeness (QED) is 0.759. The summed E-state index contributed by atoms with van der Waals surface area (Å²) in [5.41, 5.74) is 1.07. The van der Waals surface area contributed by atoms with Crippen molar-refractivity contribution in [1.82, 2.24) is 0 Å². The van der Waals surface area contributed by atoms with E-state index in [2.05, 4.69) is 4.72 Å². The van der Waals surface area contributed by atoms with Gasteiger partial charge in [0.05, 0.1) is 11.4 Å². The lowest BCUT2D eigenvalue weighted by Gasteiger charge is -2.08. The van der Waals surface area contributed by atoms with Crippen molar-refractivity contribution in [2.45, 2.75) is 13.3 Å². The predicted molar refractivity (Wildman–Crippen MR) is 66.7 cm³/mol. The molecule has 0 aliphatic heterocycles. The van der Waals surface area contributed by atoms with Crippen molar-refractivity contribution in [3.63, 3.8) is 0 Å². The molecule has 5 nitrogen and oxygen atoms in total. The molecule has 0 fully saturated rings. The minimum Gasteiger partial charge on any atom is -0.508 e. The van der Waals surface area contributed by atoms with E-state index in [0.717, 1.165) is 0 Å². The molecule has 0 aliphatic carbocycles. The van der Waals surface area contributed by atoms with Crippen LogP contribution in [0.1, 0.15) is 12.0 Å². The van der Waals surface area contributed by atoms with Crippen molar-refractivity contribution in [1.29, 1.82) is 0 Å².